The highest BCUT2D eigenvalue weighted by Crippen LogP contribution is 2.14. The van der Waals surface area contributed by atoms with E-state index in [1.165, 1.54) is 0 Å². The van der Waals surface area contributed by atoms with Crippen LogP contribution < -0.4 is 5.82 Å². The highest BCUT2D eigenvalue weighted by Gasteiger charge is 2.10. The Hall–Kier alpha value is -0.510. The van der Waals surface area contributed by atoms with Crippen LogP contribution in [0.4, 0.5) is 0 Å². The molecule has 0 aliphatic rings. The second-order valence-corrected chi connectivity index (χ2v) is 3.45. The zero-order valence-electron chi connectivity index (χ0n) is 7.64. The predicted octanol–water partition coefficient (Wildman–Crippen LogP) is 2.86. The fourth-order valence-corrected chi connectivity index (χ4v) is 1.59. The van der Waals surface area contributed by atoms with Gasteiger partial charge in [-0.1, -0.05) is 35.7 Å². The van der Waals surface area contributed by atoms with Gasteiger partial charge in [0.2, 0.25) is 0 Å². The first-order valence-corrected chi connectivity index (χ1v) is 5.57. The van der Waals surface area contributed by atoms with Gasteiger partial charge in [0.1, 0.15) is 0 Å². The van der Waals surface area contributed by atoms with Crippen LogP contribution in [0.1, 0.15) is 37.7 Å². The van der Waals surface area contributed by atoms with Gasteiger partial charge < -0.3 is 8.83 Å². The monoisotopic (exact) mass is 248 g/mol. The summed E-state index contributed by atoms with van der Waals surface area (Å²) in [5, 5.41) is 0.542. The summed E-state index contributed by atoms with van der Waals surface area (Å²) in [6, 6.07) is 0. The average molecular weight is 249 g/mol. The molecule has 0 spiro atoms. The van der Waals surface area contributed by atoms with E-state index in [1.54, 1.807) is 0 Å². The maximum atomic E-state index is 10.7. The fourth-order valence-electron chi connectivity index (χ4n) is 1.16. The lowest BCUT2D eigenvalue weighted by atomic mass is 10.1. The minimum Gasteiger partial charge on any atom is -0.396 e. The van der Waals surface area contributed by atoms with Crippen molar-refractivity contribution in [2.45, 2.75) is 37.9 Å². The van der Waals surface area contributed by atoms with Crippen LogP contribution in [0.25, 0.3) is 0 Å². The second kappa shape index (κ2) is 5.27. The Morgan fingerprint density at radius 2 is 1.92 bits per heavy atom. The molecule has 1 aromatic heterocycles. The second-order valence-electron chi connectivity index (χ2n) is 2.89. The summed E-state index contributed by atoms with van der Waals surface area (Å²) in [5.74, 6) is 0.720. The van der Waals surface area contributed by atoms with Gasteiger partial charge in [-0.05, 0) is 6.42 Å². The van der Waals surface area contributed by atoms with Gasteiger partial charge in [0.15, 0.2) is 11.5 Å². The molecule has 1 heterocycles. The molecular formula is C9H13BrO3. The van der Waals surface area contributed by atoms with Gasteiger partial charge in [-0.2, -0.15) is 0 Å². The number of hydrogen-bond donors (Lipinski definition) is 0. The molecule has 0 aliphatic heterocycles. The van der Waals surface area contributed by atoms with Crippen molar-refractivity contribution >= 4 is 15.9 Å². The third-order valence-electron chi connectivity index (χ3n) is 1.85. The van der Waals surface area contributed by atoms with Crippen molar-refractivity contribution in [1.82, 2.24) is 0 Å². The van der Waals surface area contributed by atoms with Crippen molar-refractivity contribution in [2.24, 2.45) is 0 Å². The highest BCUT2D eigenvalue weighted by atomic mass is 79.9. The lowest BCUT2D eigenvalue weighted by Crippen LogP contribution is -1.88. The van der Waals surface area contributed by atoms with E-state index in [9.17, 15) is 4.79 Å². The maximum Gasteiger partial charge on any atom is 0.519 e. The van der Waals surface area contributed by atoms with Crippen molar-refractivity contribution < 1.29 is 8.83 Å². The molecule has 1 aromatic rings. The van der Waals surface area contributed by atoms with Crippen LogP contribution in [0.2, 0.25) is 0 Å². The van der Waals surface area contributed by atoms with Crippen molar-refractivity contribution in [1.29, 1.82) is 0 Å². The van der Waals surface area contributed by atoms with Gasteiger partial charge in [0, 0.05) is 6.42 Å². The molecule has 0 atom stereocenters. The summed E-state index contributed by atoms with van der Waals surface area (Å²) in [6.07, 6.45) is 4.14. The Morgan fingerprint density at radius 1 is 1.23 bits per heavy atom. The molecule has 1 rings (SSSR count). The van der Waals surface area contributed by atoms with Crippen LogP contribution in [0.15, 0.2) is 13.6 Å². The van der Waals surface area contributed by atoms with Gasteiger partial charge >= 0.3 is 5.82 Å². The van der Waals surface area contributed by atoms with Gasteiger partial charge in [-0.15, -0.1) is 0 Å². The molecule has 0 radical (unpaired) electrons. The van der Waals surface area contributed by atoms with E-state index in [4.69, 9.17) is 8.83 Å². The molecule has 0 saturated carbocycles. The summed E-state index contributed by atoms with van der Waals surface area (Å²) < 4.78 is 9.73. The summed E-state index contributed by atoms with van der Waals surface area (Å²) in [4.78, 5) is 10.7. The van der Waals surface area contributed by atoms with Crippen LogP contribution in [-0.2, 0) is 11.8 Å². The van der Waals surface area contributed by atoms with E-state index in [0.29, 0.717) is 16.9 Å². The van der Waals surface area contributed by atoms with E-state index < -0.39 is 5.82 Å². The highest BCUT2D eigenvalue weighted by molar-refractivity contribution is 9.08. The molecule has 4 heteroatoms. The minimum absolute atomic E-state index is 0.542. The topological polar surface area (TPSA) is 43.4 Å². The van der Waals surface area contributed by atoms with Crippen LogP contribution in [-0.4, -0.2) is 0 Å². The normalized spacial score (nSPS) is 10.6. The number of alkyl halides is 1. The number of aryl methyl sites for hydroxylation is 1. The van der Waals surface area contributed by atoms with E-state index in [1.807, 2.05) is 0 Å². The first kappa shape index (κ1) is 10.6. The summed E-state index contributed by atoms with van der Waals surface area (Å²) >= 11 is 3.24. The molecule has 0 aromatic carbocycles. The van der Waals surface area contributed by atoms with Crippen molar-refractivity contribution in [2.75, 3.05) is 0 Å². The van der Waals surface area contributed by atoms with Crippen LogP contribution in [0, 0.1) is 0 Å². The quantitative estimate of drug-likeness (QED) is 0.595. The molecule has 0 aliphatic carbocycles. The third-order valence-corrected chi connectivity index (χ3v) is 2.36. The predicted molar refractivity (Wildman–Crippen MR) is 53.1 cm³/mol. The van der Waals surface area contributed by atoms with Crippen molar-refractivity contribution in [3.63, 3.8) is 0 Å². The Kier molecular flexibility index (Phi) is 4.28. The van der Waals surface area contributed by atoms with Gasteiger partial charge in [0.05, 0.1) is 5.33 Å². The average Bonchev–Trinajstić information content (AvgIpc) is 2.47. The molecule has 74 valence electrons. The molecule has 0 amide bonds. The number of unbranched alkanes of at least 4 members (excludes halogenated alkanes) is 2. The summed E-state index contributed by atoms with van der Waals surface area (Å²) in [6.45, 7) is 2.14. The molecule has 0 N–H and O–H groups in total. The molecule has 0 bridgehead atoms. The molecular weight excluding hydrogens is 236 g/mol. The first-order valence-electron chi connectivity index (χ1n) is 4.45. The van der Waals surface area contributed by atoms with Crippen LogP contribution >= 0.6 is 15.9 Å². The fraction of sp³-hybridized carbons (Fsp3) is 0.667. The van der Waals surface area contributed by atoms with Gasteiger partial charge in [0.25, 0.3) is 0 Å². The third kappa shape index (κ3) is 3.03. The van der Waals surface area contributed by atoms with E-state index in [2.05, 4.69) is 22.9 Å². The van der Waals surface area contributed by atoms with E-state index in [-0.39, 0.29) is 0 Å². The molecule has 0 fully saturated rings. The smallest absolute Gasteiger partial charge is 0.396 e. The SMILES string of the molecule is CCCCCc1oc(=O)oc1CBr. The van der Waals surface area contributed by atoms with Gasteiger partial charge in [-0.25, -0.2) is 4.79 Å². The summed E-state index contributed by atoms with van der Waals surface area (Å²) in [5.41, 5.74) is 0. The molecule has 13 heavy (non-hydrogen) atoms. The van der Waals surface area contributed by atoms with E-state index >= 15 is 0 Å². The van der Waals surface area contributed by atoms with Crippen LogP contribution in [0.5, 0.6) is 0 Å². The standard InChI is InChI=1S/C9H13BrO3/c1-2-3-4-5-7-8(6-10)13-9(11)12-7/h2-6H2,1H3. The Balaban J connectivity index is 2.59. The minimum atomic E-state index is -0.596. The lowest BCUT2D eigenvalue weighted by molar-refractivity contribution is 0.367. The number of rotatable bonds is 5. The Morgan fingerprint density at radius 3 is 2.54 bits per heavy atom. The zero-order valence-corrected chi connectivity index (χ0v) is 9.22. The van der Waals surface area contributed by atoms with Gasteiger partial charge in [-0.3, -0.25) is 0 Å². The zero-order chi connectivity index (χ0) is 9.68. The van der Waals surface area contributed by atoms with Crippen molar-refractivity contribution in [3.8, 4) is 0 Å². The first-order chi connectivity index (χ1) is 6.27. The molecule has 3 nitrogen and oxygen atoms in total. The Bertz CT molecular complexity index is 300. The molecule has 0 unspecified atom stereocenters. The van der Waals surface area contributed by atoms with Crippen LogP contribution in [0.3, 0.4) is 0 Å². The summed E-state index contributed by atoms with van der Waals surface area (Å²) in [7, 11) is 0. The number of hydrogen-bond acceptors (Lipinski definition) is 3. The molecule has 0 saturated heterocycles. The Labute approximate surface area is 85.2 Å². The maximum absolute atomic E-state index is 10.7. The van der Waals surface area contributed by atoms with E-state index in [0.717, 1.165) is 25.7 Å². The largest absolute Gasteiger partial charge is 0.519 e. The number of halogens is 1. The van der Waals surface area contributed by atoms with Crippen molar-refractivity contribution in [3.05, 3.63) is 22.1 Å². The lowest BCUT2D eigenvalue weighted by Gasteiger charge is -1.95.